The lowest BCUT2D eigenvalue weighted by Gasteiger charge is -2.07. The van der Waals surface area contributed by atoms with Crippen LogP contribution in [0.25, 0.3) is 0 Å². The second kappa shape index (κ2) is 5.73. The minimum Gasteiger partial charge on any atom is -0.454 e. The minimum absolute atomic E-state index is 0.0229. The third-order valence-corrected chi connectivity index (χ3v) is 3.20. The number of amides is 2. The number of hydrogen-bond donors (Lipinski definition) is 2. The molecule has 2 N–H and O–H groups in total. The Morgan fingerprint density at radius 3 is 2.61 bits per heavy atom. The summed E-state index contributed by atoms with van der Waals surface area (Å²) in [6, 6.07) is 7.77. The van der Waals surface area contributed by atoms with Gasteiger partial charge in [0.25, 0.3) is 11.8 Å². The number of nitriles is 1. The Labute approximate surface area is 130 Å². The van der Waals surface area contributed by atoms with Crippen LogP contribution in [0.2, 0.25) is 0 Å². The zero-order valence-corrected chi connectivity index (χ0v) is 12.0. The van der Waals surface area contributed by atoms with Crippen LogP contribution in [0.15, 0.2) is 28.7 Å². The van der Waals surface area contributed by atoms with Crippen LogP contribution < -0.4 is 20.3 Å². The summed E-state index contributed by atoms with van der Waals surface area (Å²) in [5.74, 6) is 0.239. The molecule has 0 fully saturated rings. The van der Waals surface area contributed by atoms with Crippen LogP contribution >= 0.6 is 0 Å². The number of ether oxygens (including phenoxy) is 2. The highest BCUT2D eigenvalue weighted by molar-refractivity contribution is 5.99. The van der Waals surface area contributed by atoms with Crippen molar-refractivity contribution >= 4 is 11.8 Å². The molecule has 2 heterocycles. The van der Waals surface area contributed by atoms with Gasteiger partial charge in [0, 0.05) is 11.6 Å². The van der Waals surface area contributed by atoms with Gasteiger partial charge < -0.3 is 13.9 Å². The van der Waals surface area contributed by atoms with E-state index >= 15 is 0 Å². The molecule has 0 aliphatic carbocycles. The van der Waals surface area contributed by atoms with E-state index in [1.807, 2.05) is 0 Å². The predicted molar refractivity (Wildman–Crippen MR) is 75.7 cm³/mol. The number of rotatable bonds is 2. The lowest BCUT2D eigenvalue weighted by molar-refractivity contribution is 0.0845. The highest BCUT2D eigenvalue weighted by Crippen LogP contribution is 2.32. The van der Waals surface area contributed by atoms with Crippen molar-refractivity contribution in [2.24, 2.45) is 0 Å². The first-order chi connectivity index (χ1) is 11.1. The third kappa shape index (κ3) is 2.80. The number of carbonyl (C=O) groups is 2. The van der Waals surface area contributed by atoms with Gasteiger partial charge in [-0.1, -0.05) is 0 Å². The Hall–Kier alpha value is -3.47. The molecular formula is C15H11N3O5. The predicted octanol–water partition coefficient (Wildman–Crippen LogP) is 1.26. The number of hydrazine groups is 1. The van der Waals surface area contributed by atoms with Gasteiger partial charge in [-0.15, -0.1) is 0 Å². The summed E-state index contributed by atoms with van der Waals surface area (Å²) < 4.78 is 15.4. The van der Waals surface area contributed by atoms with E-state index in [0.717, 1.165) is 0 Å². The van der Waals surface area contributed by atoms with Gasteiger partial charge >= 0.3 is 0 Å². The van der Waals surface area contributed by atoms with Crippen molar-refractivity contribution in [3.05, 3.63) is 46.9 Å². The van der Waals surface area contributed by atoms with E-state index in [2.05, 4.69) is 10.9 Å². The van der Waals surface area contributed by atoms with E-state index in [4.69, 9.17) is 19.2 Å². The van der Waals surface area contributed by atoms with Crippen molar-refractivity contribution in [3.63, 3.8) is 0 Å². The Balaban J connectivity index is 1.66. The number of carbonyl (C=O) groups excluding carboxylic acids is 2. The molecular weight excluding hydrogens is 302 g/mol. The molecule has 23 heavy (non-hydrogen) atoms. The Bertz CT molecular complexity index is 834. The van der Waals surface area contributed by atoms with E-state index < -0.39 is 11.8 Å². The fourth-order valence-corrected chi connectivity index (χ4v) is 2.05. The molecule has 0 unspecified atom stereocenters. The van der Waals surface area contributed by atoms with Gasteiger partial charge in [-0.05, 0) is 25.1 Å². The second-order valence-corrected chi connectivity index (χ2v) is 4.67. The Kier molecular flexibility index (Phi) is 3.60. The largest absolute Gasteiger partial charge is 0.454 e. The number of aryl methyl sites for hydroxylation is 1. The number of nitrogens with one attached hydrogen (secondary N) is 2. The quantitative estimate of drug-likeness (QED) is 0.807. The summed E-state index contributed by atoms with van der Waals surface area (Å²) in [4.78, 5) is 24.0. The van der Waals surface area contributed by atoms with Gasteiger partial charge in [-0.25, -0.2) is 0 Å². The zero-order valence-electron chi connectivity index (χ0n) is 12.0. The molecule has 2 amide bonds. The van der Waals surface area contributed by atoms with Crippen LogP contribution in [0.5, 0.6) is 11.5 Å². The first-order valence-corrected chi connectivity index (χ1v) is 6.59. The summed E-state index contributed by atoms with van der Waals surface area (Å²) in [5.41, 5.74) is 5.02. The second-order valence-electron chi connectivity index (χ2n) is 4.67. The van der Waals surface area contributed by atoms with Gasteiger partial charge in [-0.3, -0.25) is 20.4 Å². The summed E-state index contributed by atoms with van der Waals surface area (Å²) in [6.07, 6.45) is 0. The van der Waals surface area contributed by atoms with Crippen molar-refractivity contribution in [1.29, 1.82) is 5.26 Å². The van der Waals surface area contributed by atoms with Crippen LogP contribution in [-0.4, -0.2) is 18.6 Å². The topological polar surface area (TPSA) is 114 Å². The number of nitrogens with zero attached hydrogens (tertiary/aromatic N) is 1. The third-order valence-electron chi connectivity index (χ3n) is 3.20. The number of furan rings is 1. The van der Waals surface area contributed by atoms with Crippen LogP contribution in [0.3, 0.4) is 0 Å². The fourth-order valence-electron chi connectivity index (χ4n) is 2.05. The first kappa shape index (κ1) is 14.5. The van der Waals surface area contributed by atoms with Gasteiger partial charge in [-0.2, -0.15) is 5.26 Å². The molecule has 2 aromatic rings. The van der Waals surface area contributed by atoms with E-state index in [9.17, 15) is 9.59 Å². The van der Waals surface area contributed by atoms with Gasteiger partial charge in [0.1, 0.15) is 11.8 Å². The average Bonchev–Trinajstić information content (AvgIpc) is 3.17. The normalized spacial score (nSPS) is 11.7. The standard InChI is InChI=1S/C15H11N3O5/c1-8-11(5-10(6-16)23-8)15(20)18-17-14(19)9-2-3-12-13(4-9)22-7-21-12/h2-5H,7H2,1H3,(H,17,19)(H,18,20). The van der Waals surface area contributed by atoms with Crippen LogP contribution in [0.4, 0.5) is 0 Å². The summed E-state index contributed by atoms with van der Waals surface area (Å²) in [7, 11) is 0. The van der Waals surface area contributed by atoms with E-state index in [0.29, 0.717) is 17.1 Å². The molecule has 0 atom stereocenters. The highest BCUT2D eigenvalue weighted by atomic mass is 16.7. The zero-order chi connectivity index (χ0) is 16.4. The first-order valence-electron chi connectivity index (χ1n) is 6.59. The Morgan fingerprint density at radius 2 is 1.87 bits per heavy atom. The summed E-state index contributed by atoms with van der Waals surface area (Å²) >= 11 is 0. The smallest absolute Gasteiger partial charge is 0.273 e. The lowest BCUT2D eigenvalue weighted by atomic mass is 10.2. The molecule has 8 nitrogen and oxygen atoms in total. The molecule has 0 bridgehead atoms. The maximum absolute atomic E-state index is 12.0. The number of fused-ring (bicyclic) bond motifs is 1. The van der Waals surface area contributed by atoms with Crippen LogP contribution in [0.1, 0.15) is 32.2 Å². The lowest BCUT2D eigenvalue weighted by Crippen LogP contribution is -2.41. The molecule has 0 radical (unpaired) electrons. The van der Waals surface area contributed by atoms with Gasteiger partial charge in [0.2, 0.25) is 12.6 Å². The van der Waals surface area contributed by atoms with Crippen molar-refractivity contribution in [2.45, 2.75) is 6.92 Å². The molecule has 0 saturated heterocycles. The minimum atomic E-state index is -0.582. The van der Waals surface area contributed by atoms with Crippen molar-refractivity contribution in [1.82, 2.24) is 10.9 Å². The molecule has 116 valence electrons. The van der Waals surface area contributed by atoms with Gasteiger partial charge in [0.15, 0.2) is 11.5 Å². The monoisotopic (exact) mass is 313 g/mol. The molecule has 3 rings (SSSR count). The SMILES string of the molecule is Cc1oc(C#N)cc1C(=O)NNC(=O)c1ccc2c(c1)OCO2. The van der Waals surface area contributed by atoms with E-state index in [-0.39, 0.29) is 23.9 Å². The molecule has 0 saturated carbocycles. The molecule has 1 aromatic heterocycles. The fraction of sp³-hybridized carbons (Fsp3) is 0.133. The van der Waals surface area contributed by atoms with Gasteiger partial charge in [0.05, 0.1) is 5.56 Å². The molecule has 1 aromatic carbocycles. The highest BCUT2D eigenvalue weighted by Gasteiger charge is 2.18. The van der Waals surface area contributed by atoms with Crippen LogP contribution in [-0.2, 0) is 0 Å². The molecule has 1 aliphatic heterocycles. The number of hydrogen-bond acceptors (Lipinski definition) is 6. The van der Waals surface area contributed by atoms with Crippen molar-refractivity contribution in [3.8, 4) is 17.6 Å². The Morgan fingerprint density at radius 1 is 1.13 bits per heavy atom. The van der Waals surface area contributed by atoms with Crippen molar-refractivity contribution < 1.29 is 23.5 Å². The molecule has 1 aliphatic rings. The maximum Gasteiger partial charge on any atom is 0.273 e. The maximum atomic E-state index is 12.0. The molecule has 0 spiro atoms. The summed E-state index contributed by atoms with van der Waals surface area (Å²) in [5, 5.41) is 8.73. The number of benzene rings is 1. The van der Waals surface area contributed by atoms with E-state index in [1.165, 1.54) is 12.1 Å². The summed E-state index contributed by atoms with van der Waals surface area (Å²) in [6.45, 7) is 1.66. The average molecular weight is 313 g/mol. The van der Waals surface area contributed by atoms with Crippen LogP contribution in [0, 0.1) is 18.3 Å². The van der Waals surface area contributed by atoms with Crippen molar-refractivity contribution in [2.75, 3.05) is 6.79 Å². The molecule has 8 heteroatoms. The van der Waals surface area contributed by atoms with E-state index in [1.54, 1.807) is 25.1 Å².